The molecule has 1 N–H and O–H groups in total. The van der Waals surface area contributed by atoms with E-state index in [9.17, 15) is 0 Å². The fraction of sp³-hybridized carbons (Fsp3) is 0.615. The zero-order valence-electron chi connectivity index (χ0n) is 12.4. The van der Waals surface area contributed by atoms with E-state index in [1.165, 1.54) is 0 Å². The lowest BCUT2D eigenvalue weighted by Gasteiger charge is -2.13. The number of aromatic nitrogens is 4. The van der Waals surface area contributed by atoms with Gasteiger partial charge in [-0.05, 0) is 26.8 Å². The summed E-state index contributed by atoms with van der Waals surface area (Å²) in [6.45, 7) is 7.86. The summed E-state index contributed by atoms with van der Waals surface area (Å²) in [5, 5.41) is 11.6. The molecule has 0 radical (unpaired) electrons. The third-order valence-electron chi connectivity index (χ3n) is 2.94. The van der Waals surface area contributed by atoms with Gasteiger partial charge in [-0.1, -0.05) is 5.16 Å². The highest BCUT2D eigenvalue weighted by molar-refractivity contribution is 5.06. The van der Waals surface area contributed by atoms with Crippen LogP contribution < -0.4 is 5.32 Å². The summed E-state index contributed by atoms with van der Waals surface area (Å²) in [7, 11) is 1.60. The van der Waals surface area contributed by atoms with E-state index in [4.69, 9.17) is 9.26 Å². The summed E-state index contributed by atoms with van der Waals surface area (Å²) in [4.78, 5) is 4.21. The lowest BCUT2D eigenvalue weighted by molar-refractivity contribution is 0.174. The van der Waals surface area contributed by atoms with E-state index in [2.05, 4.69) is 40.5 Å². The van der Waals surface area contributed by atoms with Crippen molar-refractivity contribution in [1.29, 1.82) is 0 Å². The van der Waals surface area contributed by atoms with Crippen molar-refractivity contribution in [2.75, 3.05) is 7.11 Å². The van der Waals surface area contributed by atoms with Crippen LogP contribution in [-0.2, 0) is 24.4 Å². The maximum Gasteiger partial charge on any atom is 0.240 e. The highest BCUT2D eigenvalue weighted by atomic mass is 16.5. The minimum atomic E-state index is 0.255. The van der Waals surface area contributed by atoms with Crippen molar-refractivity contribution in [1.82, 2.24) is 25.2 Å². The van der Waals surface area contributed by atoms with Crippen molar-refractivity contribution in [2.24, 2.45) is 0 Å². The Morgan fingerprint density at radius 3 is 2.90 bits per heavy atom. The molecule has 0 aromatic carbocycles. The molecule has 0 aliphatic carbocycles. The molecule has 7 nitrogen and oxygen atoms in total. The lowest BCUT2D eigenvalue weighted by Crippen LogP contribution is -2.30. The van der Waals surface area contributed by atoms with E-state index >= 15 is 0 Å². The Morgan fingerprint density at radius 1 is 1.45 bits per heavy atom. The number of aryl methyl sites for hydroxylation is 2. The number of hydrogen-bond acceptors (Lipinski definition) is 6. The standard InChI is InChI=1S/C13H21N5O2/c1-9-5-11(3)18(16-9)7-10(2)14-6-13-15-12(8-19-4)17-20-13/h5,10,14H,6-8H2,1-4H3. The van der Waals surface area contributed by atoms with Crippen LogP contribution in [0.15, 0.2) is 10.6 Å². The van der Waals surface area contributed by atoms with Crippen LogP contribution >= 0.6 is 0 Å². The predicted octanol–water partition coefficient (Wildman–Crippen LogP) is 1.21. The van der Waals surface area contributed by atoms with Crippen molar-refractivity contribution >= 4 is 0 Å². The Hall–Kier alpha value is -1.73. The van der Waals surface area contributed by atoms with Crippen molar-refractivity contribution in [2.45, 2.75) is 46.5 Å². The molecule has 20 heavy (non-hydrogen) atoms. The molecule has 2 rings (SSSR count). The van der Waals surface area contributed by atoms with E-state index in [0.717, 1.165) is 17.9 Å². The van der Waals surface area contributed by atoms with Crippen molar-refractivity contribution < 1.29 is 9.26 Å². The maximum absolute atomic E-state index is 5.12. The molecule has 0 fully saturated rings. The largest absolute Gasteiger partial charge is 0.377 e. The normalized spacial score (nSPS) is 12.8. The molecule has 0 amide bonds. The van der Waals surface area contributed by atoms with Gasteiger partial charge in [0.25, 0.3) is 0 Å². The molecule has 7 heteroatoms. The van der Waals surface area contributed by atoms with Crippen LogP contribution in [0.25, 0.3) is 0 Å². The minimum Gasteiger partial charge on any atom is -0.377 e. The highest BCUT2D eigenvalue weighted by Gasteiger charge is 2.10. The Labute approximate surface area is 118 Å². The second-order valence-corrected chi connectivity index (χ2v) is 4.93. The Balaban J connectivity index is 1.82. The molecular formula is C13H21N5O2. The van der Waals surface area contributed by atoms with Gasteiger partial charge >= 0.3 is 0 Å². The van der Waals surface area contributed by atoms with Gasteiger partial charge in [0.1, 0.15) is 6.61 Å². The molecule has 0 saturated carbocycles. The van der Waals surface area contributed by atoms with Crippen LogP contribution in [0.5, 0.6) is 0 Å². The molecule has 0 aliphatic rings. The third-order valence-corrected chi connectivity index (χ3v) is 2.94. The topological polar surface area (TPSA) is 78.0 Å². The Kier molecular flexibility index (Phi) is 4.86. The number of ether oxygens (including phenoxy) is 1. The van der Waals surface area contributed by atoms with Crippen LogP contribution in [0.2, 0.25) is 0 Å². The molecule has 2 aromatic rings. The van der Waals surface area contributed by atoms with Crippen molar-refractivity contribution in [3.05, 3.63) is 29.2 Å². The second-order valence-electron chi connectivity index (χ2n) is 4.93. The van der Waals surface area contributed by atoms with Crippen LogP contribution in [0.4, 0.5) is 0 Å². The maximum atomic E-state index is 5.12. The first kappa shape index (κ1) is 14.7. The lowest BCUT2D eigenvalue weighted by atomic mass is 10.3. The van der Waals surface area contributed by atoms with E-state index in [0.29, 0.717) is 24.9 Å². The number of rotatable bonds is 7. The van der Waals surface area contributed by atoms with Gasteiger partial charge in [0.15, 0.2) is 5.82 Å². The van der Waals surface area contributed by atoms with Gasteiger partial charge in [0.05, 0.1) is 18.8 Å². The first-order valence-corrected chi connectivity index (χ1v) is 6.63. The summed E-state index contributed by atoms with van der Waals surface area (Å²) >= 11 is 0. The molecule has 2 heterocycles. The van der Waals surface area contributed by atoms with Crippen molar-refractivity contribution in [3.8, 4) is 0 Å². The second kappa shape index (κ2) is 6.62. The molecule has 110 valence electrons. The monoisotopic (exact) mass is 279 g/mol. The fourth-order valence-corrected chi connectivity index (χ4v) is 1.99. The fourth-order valence-electron chi connectivity index (χ4n) is 1.99. The van der Waals surface area contributed by atoms with E-state index in [1.54, 1.807) is 7.11 Å². The number of hydrogen-bond donors (Lipinski definition) is 1. The predicted molar refractivity (Wildman–Crippen MR) is 73.0 cm³/mol. The number of methoxy groups -OCH3 is 1. The van der Waals surface area contributed by atoms with E-state index in [1.807, 2.05) is 11.6 Å². The van der Waals surface area contributed by atoms with Gasteiger partial charge < -0.3 is 14.6 Å². The average molecular weight is 279 g/mol. The summed E-state index contributed by atoms with van der Waals surface area (Å²) in [6.07, 6.45) is 0. The summed E-state index contributed by atoms with van der Waals surface area (Å²) < 4.78 is 12.1. The van der Waals surface area contributed by atoms with E-state index < -0.39 is 0 Å². The molecule has 0 spiro atoms. The van der Waals surface area contributed by atoms with Crippen LogP contribution in [0, 0.1) is 13.8 Å². The number of nitrogens with one attached hydrogen (secondary N) is 1. The Morgan fingerprint density at radius 2 is 2.25 bits per heavy atom. The van der Waals surface area contributed by atoms with E-state index in [-0.39, 0.29) is 6.04 Å². The van der Waals surface area contributed by atoms with Crippen LogP contribution in [0.3, 0.4) is 0 Å². The molecular weight excluding hydrogens is 258 g/mol. The molecule has 0 aliphatic heterocycles. The van der Waals surface area contributed by atoms with Gasteiger partial charge in [0.2, 0.25) is 5.89 Å². The van der Waals surface area contributed by atoms with Gasteiger partial charge in [0, 0.05) is 18.8 Å². The van der Waals surface area contributed by atoms with Crippen LogP contribution in [0.1, 0.15) is 30.0 Å². The average Bonchev–Trinajstić information content (AvgIpc) is 2.95. The van der Waals surface area contributed by atoms with Gasteiger partial charge in [-0.15, -0.1) is 0 Å². The number of nitrogens with zero attached hydrogens (tertiary/aromatic N) is 4. The summed E-state index contributed by atoms with van der Waals surface area (Å²) in [5.41, 5.74) is 2.20. The summed E-state index contributed by atoms with van der Waals surface area (Å²) in [5.74, 6) is 1.13. The minimum absolute atomic E-state index is 0.255. The first-order valence-electron chi connectivity index (χ1n) is 6.63. The molecule has 2 aromatic heterocycles. The molecule has 1 unspecified atom stereocenters. The Bertz CT molecular complexity index is 549. The zero-order chi connectivity index (χ0) is 14.5. The molecule has 0 bridgehead atoms. The van der Waals surface area contributed by atoms with Gasteiger partial charge in [-0.3, -0.25) is 4.68 Å². The third kappa shape index (κ3) is 3.88. The van der Waals surface area contributed by atoms with Crippen LogP contribution in [-0.4, -0.2) is 33.1 Å². The smallest absolute Gasteiger partial charge is 0.240 e. The molecule has 1 atom stereocenters. The molecule has 0 saturated heterocycles. The highest BCUT2D eigenvalue weighted by Crippen LogP contribution is 2.04. The first-order chi connectivity index (χ1) is 9.58. The quantitative estimate of drug-likeness (QED) is 0.820. The van der Waals surface area contributed by atoms with Crippen molar-refractivity contribution in [3.63, 3.8) is 0 Å². The van der Waals surface area contributed by atoms with Gasteiger partial charge in [-0.25, -0.2) is 0 Å². The zero-order valence-corrected chi connectivity index (χ0v) is 12.4. The summed E-state index contributed by atoms with van der Waals surface area (Å²) in [6, 6.07) is 2.33. The van der Waals surface area contributed by atoms with Gasteiger partial charge in [-0.2, -0.15) is 10.1 Å². The SMILES string of the molecule is COCc1noc(CNC(C)Cn2nc(C)cc2C)n1.